The van der Waals surface area contributed by atoms with Crippen LogP contribution < -0.4 is 15.8 Å². The quantitative estimate of drug-likeness (QED) is 0.718. The molecule has 0 spiro atoms. The number of primary amides is 1. The van der Waals surface area contributed by atoms with Gasteiger partial charge in [-0.25, -0.2) is 13.1 Å². The Morgan fingerprint density at radius 1 is 1.50 bits per heavy atom. The molecular formula is C13H19N3O3S. The van der Waals surface area contributed by atoms with Crippen LogP contribution in [0.2, 0.25) is 0 Å². The van der Waals surface area contributed by atoms with Crippen molar-refractivity contribution < 1.29 is 13.2 Å². The number of nitrogens with one attached hydrogen (secondary N) is 2. The van der Waals surface area contributed by atoms with E-state index in [-0.39, 0.29) is 16.5 Å². The van der Waals surface area contributed by atoms with Crippen LogP contribution in [0.5, 0.6) is 0 Å². The zero-order valence-corrected chi connectivity index (χ0v) is 12.2. The zero-order chi connectivity index (χ0) is 14.8. The van der Waals surface area contributed by atoms with Gasteiger partial charge in [0.05, 0.1) is 4.90 Å². The summed E-state index contributed by atoms with van der Waals surface area (Å²) in [6.07, 6.45) is 2.02. The van der Waals surface area contributed by atoms with Gasteiger partial charge in [-0.05, 0) is 44.0 Å². The molecule has 110 valence electrons. The summed E-state index contributed by atoms with van der Waals surface area (Å²) in [6.45, 7) is 2.98. The Morgan fingerprint density at radius 2 is 2.25 bits per heavy atom. The van der Waals surface area contributed by atoms with E-state index in [2.05, 4.69) is 10.0 Å². The highest BCUT2D eigenvalue weighted by Gasteiger charge is 2.20. The number of carbonyl (C=O) groups is 1. The fraction of sp³-hybridized carbons (Fsp3) is 0.462. The summed E-state index contributed by atoms with van der Waals surface area (Å²) in [5.74, 6) is -0.628. The van der Waals surface area contributed by atoms with Crippen molar-refractivity contribution in [2.75, 3.05) is 13.1 Å². The smallest absolute Gasteiger partial charge is 0.249 e. The molecule has 1 aromatic rings. The lowest BCUT2D eigenvalue weighted by atomic mass is 10.1. The second kappa shape index (κ2) is 5.90. The number of rotatable bonds is 5. The average molecular weight is 297 g/mol. The molecule has 4 N–H and O–H groups in total. The number of hydrogen-bond acceptors (Lipinski definition) is 4. The lowest BCUT2D eigenvalue weighted by Gasteiger charge is -2.13. The van der Waals surface area contributed by atoms with Gasteiger partial charge in [-0.2, -0.15) is 0 Å². The molecule has 20 heavy (non-hydrogen) atoms. The Kier molecular flexibility index (Phi) is 4.42. The molecule has 0 saturated carbocycles. The Hall–Kier alpha value is -1.44. The molecule has 0 unspecified atom stereocenters. The maximum Gasteiger partial charge on any atom is 0.249 e. The fourth-order valence-corrected chi connectivity index (χ4v) is 3.37. The normalized spacial score (nSPS) is 19.1. The van der Waals surface area contributed by atoms with Gasteiger partial charge in [0.25, 0.3) is 0 Å². The second-order valence-electron chi connectivity index (χ2n) is 4.99. The first-order chi connectivity index (χ1) is 9.40. The molecule has 1 saturated heterocycles. The van der Waals surface area contributed by atoms with Crippen molar-refractivity contribution in [2.45, 2.75) is 30.7 Å². The maximum absolute atomic E-state index is 12.2. The van der Waals surface area contributed by atoms with Crippen molar-refractivity contribution in [2.24, 2.45) is 5.73 Å². The second-order valence-corrected chi connectivity index (χ2v) is 6.75. The molecule has 1 aliphatic rings. The van der Waals surface area contributed by atoms with Gasteiger partial charge in [-0.1, -0.05) is 6.07 Å². The summed E-state index contributed by atoms with van der Waals surface area (Å²) in [4.78, 5) is 11.3. The van der Waals surface area contributed by atoms with E-state index in [1.807, 2.05) is 0 Å². The van der Waals surface area contributed by atoms with Crippen molar-refractivity contribution in [1.29, 1.82) is 0 Å². The minimum Gasteiger partial charge on any atom is -0.366 e. The van der Waals surface area contributed by atoms with E-state index < -0.39 is 15.9 Å². The van der Waals surface area contributed by atoms with Gasteiger partial charge in [-0.3, -0.25) is 4.79 Å². The van der Waals surface area contributed by atoms with Crippen LogP contribution in [-0.4, -0.2) is 33.5 Å². The van der Waals surface area contributed by atoms with E-state index >= 15 is 0 Å². The van der Waals surface area contributed by atoms with Crippen LogP contribution in [0.25, 0.3) is 0 Å². The van der Waals surface area contributed by atoms with Crippen LogP contribution >= 0.6 is 0 Å². The topological polar surface area (TPSA) is 101 Å². The SMILES string of the molecule is Cc1ccc(S(=O)(=O)NC[C@H]2CCCN2)cc1C(N)=O. The number of aryl methyl sites for hydroxylation is 1. The van der Waals surface area contributed by atoms with Gasteiger partial charge in [0, 0.05) is 18.2 Å². The Morgan fingerprint density at radius 3 is 2.85 bits per heavy atom. The Labute approximate surface area is 118 Å². The van der Waals surface area contributed by atoms with Gasteiger partial charge < -0.3 is 11.1 Å². The van der Waals surface area contributed by atoms with E-state index in [9.17, 15) is 13.2 Å². The first kappa shape index (κ1) is 15.0. The molecule has 1 aromatic carbocycles. The van der Waals surface area contributed by atoms with Crippen molar-refractivity contribution in [3.63, 3.8) is 0 Å². The number of sulfonamides is 1. The molecule has 2 rings (SSSR count). The lowest BCUT2D eigenvalue weighted by Crippen LogP contribution is -2.37. The summed E-state index contributed by atoms with van der Waals surface area (Å²) >= 11 is 0. The van der Waals surface area contributed by atoms with E-state index in [1.54, 1.807) is 13.0 Å². The molecule has 0 aliphatic carbocycles. The average Bonchev–Trinajstić information content (AvgIpc) is 2.89. The third-order valence-corrected chi connectivity index (χ3v) is 4.89. The molecule has 0 bridgehead atoms. The molecule has 1 fully saturated rings. The third-order valence-electron chi connectivity index (χ3n) is 3.47. The summed E-state index contributed by atoms with van der Waals surface area (Å²) < 4.78 is 26.9. The van der Waals surface area contributed by atoms with Crippen LogP contribution in [-0.2, 0) is 10.0 Å². The number of amides is 1. The van der Waals surface area contributed by atoms with Crippen LogP contribution in [0.15, 0.2) is 23.1 Å². The van der Waals surface area contributed by atoms with Crippen molar-refractivity contribution in [1.82, 2.24) is 10.0 Å². The molecule has 1 aliphatic heterocycles. The highest BCUT2D eigenvalue weighted by molar-refractivity contribution is 7.89. The molecule has 7 heteroatoms. The van der Waals surface area contributed by atoms with E-state index in [0.29, 0.717) is 12.1 Å². The number of nitrogens with two attached hydrogens (primary N) is 1. The Balaban J connectivity index is 2.16. The third kappa shape index (κ3) is 3.36. The summed E-state index contributed by atoms with van der Waals surface area (Å²) in [7, 11) is -3.62. The highest BCUT2D eigenvalue weighted by atomic mass is 32.2. The van der Waals surface area contributed by atoms with E-state index in [0.717, 1.165) is 19.4 Å². The first-order valence-corrected chi connectivity index (χ1v) is 8.02. The summed E-state index contributed by atoms with van der Waals surface area (Å²) in [6, 6.07) is 4.56. The number of carbonyl (C=O) groups excluding carboxylic acids is 1. The number of hydrogen-bond donors (Lipinski definition) is 3. The molecule has 6 nitrogen and oxygen atoms in total. The van der Waals surface area contributed by atoms with Crippen LogP contribution in [0.1, 0.15) is 28.8 Å². The molecule has 1 amide bonds. The molecule has 1 heterocycles. The number of benzene rings is 1. The van der Waals surface area contributed by atoms with Crippen LogP contribution in [0.3, 0.4) is 0 Å². The predicted octanol–water partition coefficient (Wildman–Crippen LogP) is 0.124. The van der Waals surface area contributed by atoms with Crippen LogP contribution in [0.4, 0.5) is 0 Å². The van der Waals surface area contributed by atoms with Gasteiger partial charge in [0.2, 0.25) is 15.9 Å². The lowest BCUT2D eigenvalue weighted by molar-refractivity contribution is 0.0999. The van der Waals surface area contributed by atoms with E-state index in [1.165, 1.54) is 12.1 Å². The molecule has 1 atom stereocenters. The fourth-order valence-electron chi connectivity index (χ4n) is 2.26. The van der Waals surface area contributed by atoms with Gasteiger partial charge in [0.15, 0.2) is 0 Å². The van der Waals surface area contributed by atoms with Gasteiger partial charge in [-0.15, -0.1) is 0 Å². The minimum absolute atomic E-state index is 0.0647. The van der Waals surface area contributed by atoms with Gasteiger partial charge in [0.1, 0.15) is 0 Å². The predicted molar refractivity (Wildman–Crippen MR) is 75.9 cm³/mol. The standard InChI is InChI=1S/C13H19N3O3S/c1-9-4-5-11(7-12(9)13(14)17)20(18,19)16-8-10-3-2-6-15-10/h4-5,7,10,15-16H,2-3,6,8H2,1H3,(H2,14,17)/t10-/m1/s1. The van der Waals surface area contributed by atoms with Crippen molar-refractivity contribution in [3.05, 3.63) is 29.3 Å². The summed E-state index contributed by atoms with van der Waals surface area (Å²) in [5, 5.41) is 3.22. The first-order valence-electron chi connectivity index (χ1n) is 6.53. The van der Waals surface area contributed by atoms with Crippen LogP contribution in [0, 0.1) is 6.92 Å². The molecule has 0 aromatic heterocycles. The van der Waals surface area contributed by atoms with E-state index in [4.69, 9.17) is 5.73 Å². The summed E-state index contributed by atoms with van der Waals surface area (Å²) in [5.41, 5.74) is 6.13. The van der Waals surface area contributed by atoms with Crippen molar-refractivity contribution in [3.8, 4) is 0 Å². The zero-order valence-electron chi connectivity index (χ0n) is 11.3. The minimum atomic E-state index is -3.62. The van der Waals surface area contributed by atoms with Gasteiger partial charge >= 0.3 is 0 Å². The molecular weight excluding hydrogens is 278 g/mol. The highest BCUT2D eigenvalue weighted by Crippen LogP contribution is 2.15. The van der Waals surface area contributed by atoms with Crippen molar-refractivity contribution >= 4 is 15.9 Å². The monoisotopic (exact) mass is 297 g/mol. The Bertz CT molecular complexity index is 607. The largest absolute Gasteiger partial charge is 0.366 e. The maximum atomic E-state index is 12.2. The molecule has 0 radical (unpaired) electrons.